The van der Waals surface area contributed by atoms with Crippen molar-refractivity contribution in [3.05, 3.63) is 65.0 Å². The van der Waals surface area contributed by atoms with Gasteiger partial charge in [-0.15, -0.1) is 0 Å². The van der Waals surface area contributed by atoms with E-state index in [4.69, 9.17) is 10.7 Å². The molecule has 2 aromatic rings. The molecule has 1 heterocycles. The van der Waals surface area contributed by atoms with Crippen LogP contribution in [0.4, 0.5) is 23.2 Å². The maximum absolute atomic E-state index is 14.8. The molecule has 8 nitrogen and oxygen atoms in total. The van der Waals surface area contributed by atoms with Crippen LogP contribution in [0, 0.1) is 28.5 Å². The molecule has 0 radical (unpaired) electrons. The Labute approximate surface area is 209 Å². The molecule has 192 valence electrons. The molecule has 1 aliphatic heterocycles. The summed E-state index contributed by atoms with van der Waals surface area (Å²) in [6.07, 6.45) is -4.75. The average Bonchev–Trinajstić information content (AvgIpc) is 2.79. The molecule has 1 aliphatic carbocycles. The van der Waals surface area contributed by atoms with E-state index in [1.165, 1.54) is 36.1 Å². The van der Waals surface area contributed by atoms with E-state index in [0.717, 1.165) is 23.1 Å². The number of nitrogens with zero attached hydrogens (tertiary/aromatic N) is 3. The lowest BCUT2D eigenvalue weighted by molar-refractivity contribution is -0.164. The maximum Gasteiger partial charge on any atom is 0.416 e. The first kappa shape index (κ1) is 25.8. The highest BCUT2D eigenvalue weighted by molar-refractivity contribution is 6.11. The van der Waals surface area contributed by atoms with Gasteiger partial charge in [0.2, 0.25) is 11.8 Å². The minimum absolute atomic E-state index is 0.0260. The number of alkyl halides is 3. The first-order valence-electron chi connectivity index (χ1n) is 11.2. The zero-order chi connectivity index (χ0) is 27.1. The van der Waals surface area contributed by atoms with Crippen LogP contribution in [0.5, 0.6) is 0 Å². The molecule has 0 atom stereocenters. The summed E-state index contributed by atoms with van der Waals surface area (Å²) in [6.45, 7) is 0.652. The molecular weight excluding hydrogens is 494 g/mol. The summed E-state index contributed by atoms with van der Waals surface area (Å²) in [7, 11) is 0. The summed E-state index contributed by atoms with van der Waals surface area (Å²) >= 11 is 0. The number of amides is 3. The van der Waals surface area contributed by atoms with Crippen LogP contribution in [-0.2, 0) is 27.1 Å². The summed E-state index contributed by atoms with van der Waals surface area (Å²) in [5.41, 5.74) is -2.23. The van der Waals surface area contributed by atoms with Crippen molar-refractivity contribution in [2.45, 2.75) is 38.0 Å². The number of hydrogen-bond donors (Lipinski definition) is 2. The van der Waals surface area contributed by atoms with Gasteiger partial charge in [-0.1, -0.05) is 12.1 Å². The Morgan fingerprint density at radius 2 is 1.84 bits per heavy atom. The largest absolute Gasteiger partial charge is 0.416 e. The van der Waals surface area contributed by atoms with Crippen molar-refractivity contribution in [3.63, 3.8) is 0 Å². The van der Waals surface area contributed by atoms with E-state index >= 15 is 0 Å². The standard InChI is InChI=1S/C25H21F4N5O3/c1-14(31)32-22(36)17-9-24(10-17)23(37)33(20-7-4-16(11-30)8-19(20)26)13-21(35)34(24)12-15-2-5-18(6-3-15)25(27,28)29/h2-8,17H,9-10,12-13H2,1H3,(H2,31,32,36). The fourth-order valence-electron chi connectivity index (χ4n) is 4.73. The van der Waals surface area contributed by atoms with E-state index in [1.807, 2.05) is 0 Å². The summed E-state index contributed by atoms with van der Waals surface area (Å²) in [6, 6.07) is 9.43. The lowest BCUT2D eigenvalue weighted by Gasteiger charge is -2.56. The Bertz CT molecular complexity index is 1330. The number of carbonyl (C=O) groups excluding carboxylic acids is 3. The zero-order valence-corrected chi connectivity index (χ0v) is 19.5. The van der Waals surface area contributed by atoms with Gasteiger partial charge in [0.15, 0.2) is 0 Å². The molecule has 1 saturated carbocycles. The van der Waals surface area contributed by atoms with Crippen LogP contribution in [0.25, 0.3) is 0 Å². The van der Waals surface area contributed by atoms with E-state index < -0.39 is 53.3 Å². The van der Waals surface area contributed by atoms with Crippen molar-refractivity contribution in [1.82, 2.24) is 10.2 Å². The van der Waals surface area contributed by atoms with Gasteiger partial charge in [-0.2, -0.15) is 18.4 Å². The van der Waals surface area contributed by atoms with Gasteiger partial charge >= 0.3 is 6.18 Å². The summed E-state index contributed by atoms with van der Waals surface area (Å²) < 4.78 is 53.6. The van der Waals surface area contributed by atoms with Gasteiger partial charge in [-0.05, 0) is 55.7 Å². The second kappa shape index (κ2) is 9.31. The smallest absolute Gasteiger partial charge is 0.322 e. The molecule has 3 amide bonds. The molecule has 0 bridgehead atoms. The van der Waals surface area contributed by atoms with Crippen molar-refractivity contribution >= 4 is 29.2 Å². The van der Waals surface area contributed by atoms with Crippen molar-refractivity contribution in [1.29, 1.82) is 10.7 Å². The van der Waals surface area contributed by atoms with E-state index in [2.05, 4.69) is 5.32 Å². The fraction of sp³-hybridized carbons (Fsp3) is 0.320. The molecule has 2 aliphatic rings. The number of benzene rings is 2. The molecule has 12 heteroatoms. The molecule has 37 heavy (non-hydrogen) atoms. The number of rotatable bonds is 4. The summed E-state index contributed by atoms with van der Waals surface area (Å²) in [5, 5.41) is 18.8. The average molecular weight is 515 g/mol. The molecule has 1 spiro atoms. The summed E-state index contributed by atoms with van der Waals surface area (Å²) in [5.74, 6) is -3.41. The van der Waals surface area contributed by atoms with Gasteiger partial charge in [-0.3, -0.25) is 24.7 Å². The first-order chi connectivity index (χ1) is 17.4. The Hall–Kier alpha value is -4.27. The van der Waals surface area contributed by atoms with Crippen LogP contribution in [-0.4, -0.2) is 40.5 Å². The van der Waals surface area contributed by atoms with Crippen LogP contribution in [0.2, 0.25) is 0 Å². The van der Waals surface area contributed by atoms with Crippen LogP contribution < -0.4 is 10.2 Å². The lowest BCUT2D eigenvalue weighted by atomic mass is 9.64. The molecule has 2 fully saturated rings. The third-order valence-electron chi connectivity index (χ3n) is 6.59. The third-order valence-corrected chi connectivity index (χ3v) is 6.59. The molecule has 2 aromatic carbocycles. The van der Waals surface area contributed by atoms with Crippen molar-refractivity contribution < 1.29 is 31.9 Å². The van der Waals surface area contributed by atoms with Crippen molar-refractivity contribution in [2.75, 3.05) is 11.4 Å². The van der Waals surface area contributed by atoms with E-state index in [1.54, 1.807) is 6.07 Å². The molecule has 4 rings (SSSR count). The number of carbonyl (C=O) groups is 3. The molecule has 0 aromatic heterocycles. The van der Waals surface area contributed by atoms with E-state index in [-0.39, 0.29) is 36.5 Å². The number of nitriles is 1. The minimum Gasteiger partial charge on any atom is -0.322 e. The zero-order valence-electron chi connectivity index (χ0n) is 19.5. The predicted octanol–water partition coefficient (Wildman–Crippen LogP) is 3.35. The molecular formula is C25H21F4N5O3. The van der Waals surface area contributed by atoms with Gasteiger partial charge < -0.3 is 10.2 Å². The van der Waals surface area contributed by atoms with Gasteiger partial charge in [0.05, 0.1) is 28.7 Å². The summed E-state index contributed by atoms with van der Waals surface area (Å²) in [4.78, 5) is 41.7. The highest BCUT2D eigenvalue weighted by Gasteiger charge is 2.61. The lowest BCUT2D eigenvalue weighted by Crippen LogP contribution is -2.73. The second-order valence-corrected chi connectivity index (χ2v) is 9.09. The SMILES string of the molecule is CC(=N)NC(=O)C1CC2(C1)C(=O)N(c1ccc(C#N)cc1F)CC(=O)N2Cc1ccc(C(F)(F)F)cc1. The monoisotopic (exact) mass is 515 g/mol. The molecule has 0 unspecified atom stereocenters. The number of anilines is 1. The number of nitrogens with one attached hydrogen (secondary N) is 2. The van der Waals surface area contributed by atoms with E-state index in [9.17, 15) is 31.9 Å². The predicted molar refractivity (Wildman–Crippen MR) is 122 cm³/mol. The first-order valence-corrected chi connectivity index (χ1v) is 11.2. The Morgan fingerprint density at radius 1 is 1.19 bits per heavy atom. The fourth-order valence-corrected chi connectivity index (χ4v) is 4.73. The van der Waals surface area contributed by atoms with Gasteiger partial charge in [0, 0.05) is 12.5 Å². The van der Waals surface area contributed by atoms with Crippen LogP contribution in [0.15, 0.2) is 42.5 Å². The topological polar surface area (TPSA) is 117 Å². The van der Waals surface area contributed by atoms with Crippen molar-refractivity contribution in [2.24, 2.45) is 5.92 Å². The van der Waals surface area contributed by atoms with Gasteiger partial charge in [0.1, 0.15) is 17.9 Å². The van der Waals surface area contributed by atoms with Crippen molar-refractivity contribution in [3.8, 4) is 6.07 Å². The minimum atomic E-state index is -4.54. The van der Waals surface area contributed by atoms with Crippen LogP contribution >= 0.6 is 0 Å². The van der Waals surface area contributed by atoms with E-state index in [0.29, 0.717) is 5.56 Å². The Balaban J connectivity index is 1.67. The number of piperazine rings is 1. The maximum atomic E-state index is 14.8. The highest BCUT2D eigenvalue weighted by Crippen LogP contribution is 2.47. The third kappa shape index (κ3) is 4.76. The number of amidine groups is 1. The quantitative estimate of drug-likeness (QED) is 0.369. The normalized spacial score (nSPS) is 21.5. The highest BCUT2D eigenvalue weighted by atomic mass is 19.4. The molecule has 2 N–H and O–H groups in total. The number of halogens is 4. The van der Waals surface area contributed by atoms with Gasteiger partial charge in [0.25, 0.3) is 5.91 Å². The van der Waals surface area contributed by atoms with Gasteiger partial charge in [-0.25, -0.2) is 4.39 Å². The Morgan fingerprint density at radius 3 is 2.38 bits per heavy atom. The molecule has 1 saturated heterocycles. The van der Waals surface area contributed by atoms with Crippen LogP contribution in [0.3, 0.4) is 0 Å². The number of hydrogen-bond acceptors (Lipinski definition) is 5. The Kier molecular flexibility index (Phi) is 6.50. The van der Waals surface area contributed by atoms with Crippen LogP contribution in [0.1, 0.15) is 36.5 Å². The second-order valence-electron chi connectivity index (χ2n) is 9.09.